The molecule has 0 amide bonds. The van der Waals surface area contributed by atoms with Crippen molar-refractivity contribution in [3.63, 3.8) is 0 Å². The Balaban J connectivity index is 1.99. The van der Waals surface area contributed by atoms with Gasteiger partial charge in [0.2, 0.25) is 0 Å². The zero-order valence-electron chi connectivity index (χ0n) is 17.6. The first-order valence-electron chi connectivity index (χ1n) is 9.57. The van der Waals surface area contributed by atoms with Crippen molar-refractivity contribution in [1.82, 2.24) is 13.8 Å². The number of aromatic nitrogens is 1. The fraction of sp³-hybridized carbons (Fsp3) is 0.476. The van der Waals surface area contributed by atoms with Gasteiger partial charge in [-0.3, -0.25) is 9.69 Å². The summed E-state index contributed by atoms with van der Waals surface area (Å²) in [5.74, 6) is 1.63. The lowest BCUT2D eigenvalue weighted by Gasteiger charge is -2.33. The molecular formula is C21H28IN3O3S. The molecule has 0 N–H and O–H groups in total. The number of aryl methyl sites for hydroxylation is 1. The van der Waals surface area contributed by atoms with Crippen LogP contribution >= 0.6 is 30.3 Å². The Labute approximate surface area is 188 Å². The van der Waals surface area contributed by atoms with Gasteiger partial charge in [-0.1, -0.05) is 0 Å². The van der Waals surface area contributed by atoms with Crippen LogP contribution in [0.3, 0.4) is 0 Å². The maximum Gasteiger partial charge on any atom is 0.253 e. The molecule has 1 aromatic heterocycles. The normalized spacial score (nSPS) is 15.5. The largest absolute Gasteiger partial charge is 0.496 e. The summed E-state index contributed by atoms with van der Waals surface area (Å²) in [5.41, 5.74) is 4.85. The van der Waals surface area contributed by atoms with Gasteiger partial charge in [-0.2, -0.15) is 0 Å². The van der Waals surface area contributed by atoms with E-state index in [1.165, 1.54) is 0 Å². The monoisotopic (exact) mass is 529 g/mol. The molecule has 0 spiro atoms. The predicted molar refractivity (Wildman–Crippen MR) is 128 cm³/mol. The summed E-state index contributed by atoms with van der Waals surface area (Å²) in [6.07, 6.45) is 1.89. The molecule has 1 aliphatic rings. The Hall–Kier alpha value is -1.23. The molecule has 0 bridgehead atoms. The number of rotatable bonds is 6. The quantitative estimate of drug-likeness (QED) is 0.419. The summed E-state index contributed by atoms with van der Waals surface area (Å²) in [4.78, 5) is 14.7. The Bertz CT molecular complexity index is 914. The number of hydrogen-bond acceptors (Lipinski definition) is 6. The highest BCUT2D eigenvalue weighted by molar-refractivity contribution is 14.2. The fourth-order valence-electron chi connectivity index (χ4n) is 3.74. The van der Waals surface area contributed by atoms with E-state index >= 15 is 0 Å². The lowest BCUT2D eigenvalue weighted by molar-refractivity contribution is 0.186. The third kappa shape index (κ3) is 4.76. The van der Waals surface area contributed by atoms with Crippen molar-refractivity contribution in [2.45, 2.75) is 20.4 Å². The predicted octanol–water partition coefficient (Wildman–Crippen LogP) is 3.80. The van der Waals surface area contributed by atoms with Crippen LogP contribution in [-0.4, -0.2) is 54.2 Å². The molecule has 1 fully saturated rings. The second kappa shape index (κ2) is 9.72. The number of piperazine rings is 1. The van der Waals surface area contributed by atoms with E-state index in [1.54, 1.807) is 35.0 Å². The summed E-state index contributed by atoms with van der Waals surface area (Å²) in [5, 5.41) is 0. The zero-order chi connectivity index (χ0) is 21.1. The van der Waals surface area contributed by atoms with Gasteiger partial charge in [-0.05, 0) is 46.2 Å². The van der Waals surface area contributed by atoms with Gasteiger partial charge in [-0.15, -0.1) is 0 Å². The molecule has 0 atom stereocenters. The molecule has 8 heteroatoms. The highest BCUT2D eigenvalue weighted by atomic mass is 127. The molecule has 1 aromatic carbocycles. The van der Waals surface area contributed by atoms with Crippen LogP contribution in [0.25, 0.3) is 11.1 Å². The minimum absolute atomic E-state index is 0.0330. The third-order valence-electron chi connectivity index (χ3n) is 5.66. The van der Waals surface area contributed by atoms with Crippen LogP contribution in [0.1, 0.15) is 16.7 Å². The Morgan fingerprint density at radius 1 is 1.03 bits per heavy atom. The van der Waals surface area contributed by atoms with E-state index < -0.39 is 0 Å². The van der Waals surface area contributed by atoms with Gasteiger partial charge in [0.15, 0.2) is 0 Å². The molecule has 2 aromatic rings. The molecule has 0 unspecified atom stereocenters. The molecule has 1 aliphatic heterocycles. The summed E-state index contributed by atoms with van der Waals surface area (Å²) in [6, 6.07) is 4.11. The van der Waals surface area contributed by atoms with Crippen molar-refractivity contribution in [3.8, 4) is 22.6 Å². The van der Waals surface area contributed by atoms with E-state index in [-0.39, 0.29) is 5.56 Å². The number of benzene rings is 1. The van der Waals surface area contributed by atoms with Crippen LogP contribution < -0.4 is 15.0 Å². The molecule has 158 valence electrons. The lowest BCUT2D eigenvalue weighted by Crippen LogP contribution is -2.42. The van der Waals surface area contributed by atoms with E-state index in [9.17, 15) is 4.79 Å². The summed E-state index contributed by atoms with van der Waals surface area (Å²) >= 11 is 2.34. The van der Waals surface area contributed by atoms with Crippen LogP contribution in [0.2, 0.25) is 0 Å². The Morgan fingerprint density at radius 3 is 2.14 bits per heavy atom. The Kier molecular flexibility index (Phi) is 7.53. The smallest absolute Gasteiger partial charge is 0.253 e. The fourth-order valence-corrected chi connectivity index (χ4v) is 5.23. The number of methoxy groups -OCH3 is 2. The maximum absolute atomic E-state index is 12.2. The average molecular weight is 529 g/mol. The molecule has 29 heavy (non-hydrogen) atoms. The van der Waals surface area contributed by atoms with Crippen LogP contribution in [0.4, 0.5) is 0 Å². The van der Waals surface area contributed by atoms with E-state index in [4.69, 9.17) is 9.47 Å². The number of nitrogens with zero attached hydrogens (tertiary/aromatic N) is 3. The molecule has 0 radical (unpaired) electrons. The lowest BCUT2D eigenvalue weighted by atomic mass is 9.97. The van der Waals surface area contributed by atoms with Crippen molar-refractivity contribution in [1.29, 1.82) is 0 Å². The molecular weight excluding hydrogens is 501 g/mol. The van der Waals surface area contributed by atoms with Crippen LogP contribution in [0.15, 0.2) is 23.1 Å². The minimum Gasteiger partial charge on any atom is -0.496 e. The molecule has 0 aliphatic carbocycles. The first kappa shape index (κ1) is 22.5. The van der Waals surface area contributed by atoms with E-state index in [2.05, 4.69) is 42.5 Å². The van der Waals surface area contributed by atoms with Crippen molar-refractivity contribution < 1.29 is 9.47 Å². The molecule has 0 saturated carbocycles. The summed E-state index contributed by atoms with van der Waals surface area (Å²) in [6.45, 7) is 8.78. The first-order valence-corrected chi connectivity index (χ1v) is 12.9. The zero-order valence-corrected chi connectivity index (χ0v) is 20.6. The highest BCUT2D eigenvalue weighted by Crippen LogP contribution is 2.37. The average Bonchev–Trinajstić information content (AvgIpc) is 2.75. The number of halogens is 1. The van der Waals surface area contributed by atoms with Crippen molar-refractivity contribution in [2.75, 3.05) is 40.4 Å². The minimum atomic E-state index is 0.0330. The van der Waals surface area contributed by atoms with Crippen LogP contribution in [0.5, 0.6) is 11.5 Å². The van der Waals surface area contributed by atoms with Crippen molar-refractivity contribution in [3.05, 3.63) is 45.4 Å². The van der Waals surface area contributed by atoms with Crippen LogP contribution in [0, 0.1) is 13.8 Å². The standard InChI is InChI=1S/C21H28IN3O3S/c1-14-15(2)21(26)23(3)12-17(14)16-10-19(27-4)18(20(11-16)28-5)13-24-6-8-25(29-22)9-7-24/h10-12H,6-9,13H2,1-5H3. The first-order chi connectivity index (χ1) is 13.9. The summed E-state index contributed by atoms with van der Waals surface area (Å²) in [7, 11) is 6.96. The topological polar surface area (TPSA) is 46.9 Å². The Morgan fingerprint density at radius 2 is 1.62 bits per heavy atom. The van der Waals surface area contributed by atoms with Gasteiger partial charge in [-0.25, -0.2) is 4.31 Å². The second-order valence-electron chi connectivity index (χ2n) is 7.34. The van der Waals surface area contributed by atoms with Crippen molar-refractivity contribution in [2.24, 2.45) is 7.05 Å². The van der Waals surface area contributed by atoms with Gasteiger partial charge in [0.1, 0.15) is 11.5 Å². The van der Waals surface area contributed by atoms with Gasteiger partial charge < -0.3 is 14.0 Å². The van der Waals surface area contributed by atoms with Gasteiger partial charge >= 0.3 is 0 Å². The third-order valence-corrected chi connectivity index (χ3v) is 7.89. The molecule has 2 heterocycles. The summed E-state index contributed by atoms with van der Waals surface area (Å²) < 4.78 is 15.5. The molecule has 1 saturated heterocycles. The number of ether oxygens (including phenoxy) is 2. The SMILES string of the molecule is COc1cc(-c2cn(C)c(=O)c(C)c2C)cc(OC)c1CN1CCN(SI)CC1. The highest BCUT2D eigenvalue weighted by Gasteiger charge is 2.22. The van der Waals surface area contributed by atoms with E-state index in [1.807, 2.05) is 20.0 Å². The van der Waals surface area contributed by atoms with Gasteiger partial charge in [0.05, 0.1) is 19.8 Å². The second-order valence-corrected chi connectivity index (χ2v) is 9.18. The van der Waals surface area contributed by atoms with Gasteiger partial charge in [0, 0.05) is 78.3 Å². The molecule has 3 rings (SSSR count). The van der Waals surface area contributed by atoms with Crippen molar-refractivity contribution >= 4 is 30.3 Å². The van der Waals surface area contributed by atoms with Gasteiger partial charge in [0.25, 0.3) is 5.56 Å². The van der Waals surface area contributed by atoms with E-state index in [0.717, 1.165) is 72.0 Å². The molecule has 6 nitrogen and oxygen atoms in total. The van der Waals surface area contributed by atoms with E-state index in [0.29, 0.717) is 0 Å². The maximum atomic E-state index is 12.2. The van der Waals surface area contributed by atoms with Crippen LogP contribution in [-0.2, 0) is 13.6 Å². The number of hydrogen-bond donors (Lipinski definition) is 0. The number of pyridine rings is 1.